The topological polar surface area (TPSA) is 35.6 Å². The third-order valence-corrected chi connectivity index (χ3v) is 3.21. The maximum atomic E-state index is 13.6. The van der Waals surface area contributed by atoms with Crippen LogP contribution in [0.3, 0.4) is 0 Å². The molecule has 1 amide bonds. The average Bonchev–Trinajstić information content (AvgIpc) is 2.39. The molecule has 19 heavy (non-hydrogen) atoms. The predicted octanol–water partition coefficient (Wildman–Crippen LogP) is 0.833. The quantitative estimate of drug-likeness (QED) is 0.883. The lowest BCUT2D eigenvalue weighted by molar-refractivity contribution is -0.130. The van der Waals surface area contributed by atoms with Gasteiger partial charge in [-0.05, 0) is 19.2 Å². The Kier molecular flexibility index (Phi) is 4.31. The molecule has 0 saturated carbocycles. The average molecular weight is 269 g/mol. The molecule has 4 nitrogen and oxygen atoms in total. The molecule has 1 aliphatic heterocycles. The number of carbonyl (C=O) groups excluding carboxylic acids is 1. The van der Waals surface area contributed by atoms with Crippen LogP contribution in [0.2, 0.25) is 0 Å². The minimum atomic E-state index is -0.580. The van der Waals surface area contributed by atoms with Crippen molar-refractivity contribution in [1.29, 1.82) is 0 Å². The Morgan fingerprint density at radius 2 is 1.95 bits per heavy atom. The number of benzene rings is 1. The summed E-state index contributed by atoms with van der Waals surface area (Å²) < 4.78 is 26.5. The van der Waals surface area contributed by atoms with Gasteiger partial charge in [-0.3, -0.25) is 4.79 Å². The number of piperazine rings is 1. The van der Waals surface area contributed by atoms with Crippen molar-refractivity contribution < 1.29 is 13.6 Å². The van der Waals surface area contributed by atoms with Gasteiger partial charge in [-0.1, -0.05) is 0 Å². The lowest BCUT2D eigenvalue weighted by atomic mass is 10.2. The fraction of sp³-hybridized carbons (Fsp3) is 0.462. The number of amides is 1. The zero-order chi connectivity index (χ0) is 13.8. The number of rotatable bonds is 3. The van der Waals surface area contributed by atoms with Crippen molar-refractivity contribution in [2.24, 2.45) is 0 Å². The Morgan fingerprint density at radius 1 is 1.26 bits per heavy atom. The van der Waals surface area contributed by atoms with Crippen LogP contribution in [-0.4, -0.2) is 50.6 Å². The first-order chi connectivity index (χ1) is 9.11. The lowest BCUT2D eigenvalue weighted by Gasteiger charge is -2.36. The summed E-state index contributed by atoms with van der Waals surface area (Å²) in [4.78, 5) is 15.2. The van der Waals surface area contributed by atoms with Crippen LogP contribution < -0.4 is 10.2 Å². The van der Waals surface area contributed by atoms with Gasteiger partial charge in [-0.15, -0.1) is 0 Å². The van der Waals surface area contributed by atoms with Gasteiger partial charge in [0, 0.05) is 32.2 Å². The summed E-state index contributed by atoms with van der Waals surface area (Å²) in [6.45, 7) is 2.52. The SMILES string of the molecule is CNCC(=O)N1CCN(c2ccc(F)cc2F)CC1. The Bertz CT molecular complexity index is 459. The van der Waals surface area contributed by atoms with Crippen molar-refractivity contribution in [3.05, 3.63) is 29.8 Å². The molecule has 0 radical (unpaired) electrons. The number of likely N-dealkylation sites (N-methyl/N-ethyl adjacent to an activating group) is 1. The predicted molar refractivity (Wildman–Crippen MR) is 69.1 cm³/mol. The van der Waals surface area contributed by atoms with Gasteiger partial charge in [0.05, 0.1) is 12.2 Å². The van der Waals surface area contributed by atoms with Crippen molar-refractivity contribution in [3.63, 3.8) is 0 Å². The molecule has 1 aromatic rings. The maximum absolute atomic E-state index is 13.6. The number of hydrogen-bond donors (Lipinski definition) is 1. The van der Waals surface area contributed by atoms with Gasteiger partial charge in [-0.2, -0.15) is 0 Å². The van der Waals surface area contributed by atoms with Gasteiger partial charge in [-0.25, -0.2) is 8.78 Å². The van der Waals surface area contributed by atoms with Crippen molar-refractivity contribution in [3.8, 4) is 0 Å². The van der Waals surface area contributed by atoms with E-state index in [9.17, 15) is 13.6 Å². The summed E-state index contributed by atoms with van der Waals surface area (Å²) in [5.41, 5.74) is 0.391. The van der Waals surface area contributed by atoms with Crippen LogP contribution in [0.4, 0.5) is 14.5 Å². The summed E-state index contributed by atoms with van der Waals surface area (Å²) in [6.07, 6.45) is 0. The molecule has 1 aliphatic rings. The zero-order valence-corrected chi connectivity index (χ0v) is 10.8. The second-order valence-electron chi connectivity index (χ2n) is 4.49. The first-order valence-corrected chi connectivity index (χ1v) is 6.24. The second kappa shape index (κ2) is 5.97. The standard InChI is InChI=1S/C13H17F2N3O/c1-16-9-13(19)18-6-4-17(5-7-18)12-3-2-10(14)8-11(12)15/h2-3,8,16H,4-7,9H2,1H3. The highest BCUT2D eigenvalue weighted by atomic mass is 19.1. The van der Waals surface area contributed by atoms with E-state index < -0.39 is 11.6 Å². The minimum Gasteiger partial charge on any atom is -0.366 e. The van der Waals surface area contributed by atoms with E-state index in [2.05, 4.69) is 5.32 Å². The molecule has 1 aromatic carbocycles. The smallest absolute Gasteiger partial charge is 0.236 e. The summed E-state index contributed by atoms with van der Waals surface area (Å²) in [5.74, 6) is -1.10. The molecule has 0 bridgehead atoms. The van der Waals surface area contributed by atoms with E-state index in [1.54, 1.807) is 11.9 Å². The summed E-state index contributed by atoms with van der Waals surface area (Å²) in [7, 11) is 1.72. The number of hydrogen-bond acceptors (Lipinski definition) is 3. The molecule has 1 fully saturated rings. The Balaban J connectivity index is 1.98. The van der Waals surface area contributed by atoms with E-state index in [4.69, 9.17) is 0 Å². The first-order valence-electron chi connectivity index (χ1n) is 6.24. The number of anilines is 1. The molecule has 0 unspecified atom stereocenters. The largest absolute Gasteiger partial charge is 0.366 e. The van der Waals surface area contributed by atoms with Crippen LogP contribution in [0.1, 0.15) is 0 Å². The molecule has 1 saturated heterocycles. The fourth-order valence-electron chi connectivity index (χ4n) is 2.20. The Hall–Kier alpha value is -1.69. The van der Waals surface area contributed by atoms with Gasteiger partial charge in [0.25, 0.3) is 0 Å². The van der Waals surface area contributed by atoms with Crippen molar-refractivity contribution >= 4 is 11.6 Å². The normalized spacial score (nSPS) is 15.7. The van der Waals surface area contributed by atoms with Gasteiger partial charge in [0.2, 0.25) is 5.91 Å². The third kappa shape index (κ3) is 3.20. The van der Waals surface area contributed by atoms with Crippen LogP contribution in [0, 0.1) is 11.6 Å². The Morgan fingerprint density at radius 3 is 2.53 bits per heavy atom. The van der Waals surface area contributed by atoms with Crippen molar-refractivity contribution in [2.75, 3.05) is 44.7 Å². The van der Waals surface area contributed by atoms with Gasteiger partial charge >= 0.3 is 0 Å². The maximum Gasteiger partial charge on any atom is 0.236 e. The first kappa shape index (κ1) is 13.7. The van der Waals surface area contributed by atoms with E-state index in [0.29, 0.717) is 38.4 Å². The van der Waals surface area contributed by atoms with E-state index in [1.807, 2.05) is 4.90 Å². The fourth-order valence-corrected chi connectivity index (χ4v) is 2.20. The molecule has 0 aromatic heterocycles. The molecule has 0 atom stereocenters. The number of nitrogens with zero attached hydrogens (tertiary/aromatic N) is 2. The van der Waals surface area contributed by atoms with Gasteiger partial charge < -0.3 is 15.1 Å². The zero-order valence-electron chi connectivity index (χ0n) is 10.8. The summed E-state index contributed by atoms with van der Waals surface area (Å²) >= 11 is 0. The highest BCUT2D eigenvalue weighted by Crippen LogP contribution is 2.21. The van der Waals surface area contributed by atoms with Gasteiger partial charge in [0.15, 0.2) is 0 Å². The number of carbonyl (C=O) groups is 1. The molecule has 0 aliphatic carbocycles. The van der Waals surface area contributed by atoms with Crippen LogP contribution in [0.5, 0.6) is 0 Å². The summed E-state index contributed by atoms with van der Waals surface area (Å²) in [5, 5.41) is 2.82. The molecular weight excluding hydrogens is 252 g/mol. The van der Waals surface area contributed by atoms with E-state index in [-0.39, 0.29) is 5.91 Å². The van der Waals surface area contributed by atoms with Crippen molar-refractivity contribution in [2.45, 2.75) is 0 Å². The summed E-state index contributed by atoms with van der Waals surface area (Å²) in [6, 6.07) is 3.57. The van der Waals surface area contributed by atoms with Gasteiger partial charge in [0.1, 0.15) is 11.6 Å². The monoisotopic (exact) mass is 269 g/mol. The number of halogens is 2. The molecule has 1 N–H and O–H groups in total. The molecular formula is C13H17F2N3O. The molecule has 1 heterocycles. The molecule has 0 spiro atoms. The highest BCUT2D eigenvalue weighted by molar-refractivity contribution is 5.78. The van der Waals surface area contributed by atoms with E-state index >= 15 is 0 Å². The van der Waals surface area contributed by atoms with E-state index in [0.717, 1.165) is 6.07 Å². The van der Waals surface area contributed by atoms with Crippen LogP contribution in [0.15, 0.2) is 18.2 Å². The minimum absolute atomic E-state index is 0.0433. The Labute approximate surface area is 111 Å². The molecule has 104 valence electrons. The highest BCUT2D eigenvalue weighted by Gasteiger charge is 2.22. The second-order valence-corrected chi connectivity index (χ2v) is 4.49. The van der Waals surface area contributed by atoms with Crippen LogP contribution >= 0.6 is 0 Å². The third-order valence-electron chi connectivity index (χ3n) is 3.21. The van der Waals surface area contributed by atoms with Crippen LogP contribution in [0.25, 0.3) is 0 Å². The van der Waals surface area contributed by atoms with Crippen molar-refractivity contribution in [1.82, 2.24) is 10.2 Å². The molecule has 2 rings (SSSR count). The number of nitrogens with one attached hydrogen (secondary N) is 1. The molecule has 6 heteroatoms. The van der Waals surface area contributed by atoms with E-state index in [1.165, 1.54) is 12.1 Å². The van der Waals surface area contributed by atoms with Crippen LogP contribution in [-0.2, 0) is 4.79 Å². The lowest BCUT2D eigenvalue weighted by Crippen LogP contribution is -2.50.